The average Bonchev–Trinajstić information content (AvgIpc) is 2.79. The molecule has 1 heterocycles. The molecule has 2 rings (SSSR count). The van der Waals surface area contributed by atoms with E-state index in [1.807, 2.05) is 32.0 Å². The van der Waals surface area contributed by atoms with Gasteiger partial charge in [-0.1, -0.05) is 22.0 Å². The van der Waals surface area contributed by atoms with Crippen molar-refractivity contribution < 1.29 is 5.11 Å². The van der Waals surface area contributed by atoms with Crippen LogP contribution >= 0.6 is 15.9 Å². The fourth-order valence-corrected chi connectivity index (χ4v) is 2.34. The van der Waals surface area contributed by atoms with Crippen molar-refractivity contribution in [3.8, 4) is 0 Å². The Bertz CT molecular complexity index is 539. The van der Waals surface area contributed by atoms with E-state index in [9.17, 15) is 5.11 Å². The minimum Gasteiger partial charge on any atom is -0.388 e. The molecule has 18 heavy (non-hydrogen) atoms. The fraction of sp³-hybridized carbons (Fsp3) is 0.385. The minimum absolute atomic E-state index is 0.477. The van der Waals surface area contributed by atoms with Gasteiger partial charge in [0.05, 0.1) is 6.10 Å². The van der Waals surface area contributed by atoms with Crippen LogP contribution in [0.5, 0.6) is 0 Å². The molecule has 1 atom stereocenters. The van der Waals surface area contributed by atoms with Crippen molar-refractivity contribution >= 4 is 15.9 Å². The molecule has 4 nitrogen and oxygen atoms in total. The van der Waals surface area contributed by atoms with E-state index in [1.165, 1.54) is 6.33 Å². The summed E-state index contributed by atoms with van der Waals surface area (Å²) in [5.74, 6) is 0.810. The number of hydrogen-bond donors (Lipinski definition) is 1. The Balaban J connectivity index is 2.21. The highest BCUT2D eigenvalue weighted by Crippen LogP contribution is 2.24. The predicted octanol–water partition coefficient (Wildman–Crippen LogP) is 2.65. The number of aliphatic hydroxyl groups excluding tert-OH is 1. The van der Waals surface area contributed by atoms with Gasteiger partial charge in [-0.05, 0) is 37.1 Å². The van der Waals surface area contributed by atoms with E-state index in [0.717, 1.165) is 28.0 Å². The van der Waals surface area contributed by atoms with Gasteiger partial charge in [0, 0.05) is 17.4 Å². The second-order valence-electron chi connectivity index (χ2n) is 4.21. The summed E-state index contributed by atoms with van der Waals surface area (Å²) in [5, 5.41) is 14.4. The summed E-state index contributed by atoms with van der Waals surface area (Å²) in [6.45, 7) is 4.77. The molecule has 5 heteroatoms. The van der Waals surface area contributed by atoms with Crippen LogP contribution in [0.1, 0.15) is 30.0 Å². The van der Waals surface area contributed by atoms with Gasteiger partial charge in [-0.2, -0.15) is 5.10 Å². The monoisotopic (exact) mass is 309 g/mol. The van der Waals surface area contributed by atoms with Gasteiger partial charge in [-0.15, -0.1) is 0 Å². The molecule has 0 spiro atoms. The fourth-order valence-electron chi connectivity index (χ4n) is 1.96. The molecule has 96 valence electrons. The molecule has 0 amide bonds. The van der Waals surface area contributed by atoms with Gasteiger partial charge in [0.2, 0.25) is 0 Å². The van der Waals surface area contributed by atoms with Gasteiger partial charge < -0.3 is 5.11 Å². The van der Waals surface area contributed by atoms with Crippen LogP contribution in [0.25, 0.3) is 0 Å². The first-order valence-electron chi connectivity index (χ1n) is 5.92. The summed E-state index contributed by atoms with van der Waals surface area (Å²) in [7, 11) is 0. The van der Waals surface area contributed by atoms with Crippen molar-refractivity contribution in [1.29, 1.82) is 0 Å². The molecule has 1 aromatic heterocycles. The Labute approximate surface area is 115 Å². The van der Waals surface area contributed by atoms with Crippen LogP contribution < -0.4 is 0 Å². The van der Waals surface area contributed by atoms with Crippen molar-refractivity contribution in [2.75, 3.05) is 0 Å². The molecule has 2 aromatic rings. The summed E-state index contributed by atoms with van der Waals surface area (Å²) in [6.07, 6.45) is 1.45. The normalized spacial score (nSPS) is 12.7. The SMILES string of the molecule is CCn1ncnc1CC(O)c1cc(Br)ccc1C. The standard InChI is InChI=1S/C13H16BrN3O/c1-3-17-13(15-8-16-17)7-12(18)11-6-10(14)5-4-9(11)2/h4-6,8,12,18H,3,7H2,1-2H3. The van der Waals surface area contributed by atoms with Crippen LogP contribution in [-0.4, -0.2) is 19.9 Å². The largest absolute Gasteiger partial charge is 0.388 e. The Hall–Kier alpha value is -1.20. The Morgan fingerprint density at radius 3 is 2.94 bits per heavy atom. The van der Waals surface area contributed by atoms with Gasteiger partial charge in [-0.25, -0.2) is 4.98 Å². The molecule has 0 saturated carbocycles. The van der Waals surface area contributed by atoms with Gasteiger partial charge >= 0.3 is 0 Å². The van der Waals surface area contributed by atoms with E-state index in [0.29, 0.717) is 6.42 Å². The number of aryl methyl sites for hydroxylation is 2. The van der Waals surface area contributed by atoms with Crippen molar-refractivity contribution in [3.05, 3.63) is 46.0 Å². The summed E-state index contributed by atoms with van der Waals surface area (Å²) >= 11 is 3.43. The van der Waals surface area contributed by atoms with Gasteiger partial charge in [-0.3, -0.25) is 4.68 Å². The second-order valence-corrected chi connectivity index (χ2v) is 5.13. The zero-order valence-electron chi connectivity index (χ0n) is 10.5. The lowest BCUT2D eigenvalue weighted by molar-refractivity contribution is 0.173. The van der Waals surface area contributed by atoms with Crippen molar-refractivity contribution in [2.45, 2.75) is 32.9 Å². The van der Waals surface area contributed by atoms with Crippen molar-refractivity contribution in [2.24, 2.45) is 0 Å². The summed E-state index contributed by atoms with van der Waals surface area (Å²) in [6, 6.07) is 5.92. The van der Waals surface area contributed by atoms with Gasteiger partial charge in [0.1, 0.15) is 12.2 Å². The molecule has 0 aliphatic rings. The van der Waals surface area contributed by atoms with Gasteiger partial charge in [0.25, 0.3) is 0 Å². The molecule has 0 aliphatic carbocycles. The number of aliphatic hydroxyl groups is 1. The summed E-state index contributed by atoms with van der Waals surface area (Å²) in [5.41, 5.74) is 2.00. The first-order chi connectivity index (χ1) is 8.61. The van der Waals surface area contributed by atoms with E-state index in [1.54, 1.807) is 4.68 Å². The Morgan fingerprint density at radius 1 is 1.44 bits per heavy atom. The lowest BCUT2D eigenvalue weighted by Gasteiger charge is -2.14. The van der Waals surface area contributed by atoms with Crippen LogP contribution in [0.15, 0.2) is 29.0 Å². The first-order valence-corrected chi connectivity index (χ1v) is 6.72. The highest BCUT2D eigenvalue weighted by atomic mass is 79.9. The molecule has 1 N–H and O–H groups in total. The third-order valence-corrected chi connectivity index (χ3v) is 3.46. The number of hydrogen-bond acceptors (Lipinski definition) is 3. The molecule has 0 radical (unpaired) electrons. The molecule has 1 aromatic carbocycles. The lowest BCUT2D eigenvalue weighted by atomic mass is 10.0. The lowest BCUT2D eigenvalue weighted by Crippen LogP contribution is -2.10. The van der Waals surface area contributed by atoms with Gasteiger partial charge in [0.15, 0.2) is 0 Å². The van der Waals surface area contributed by atoms with Crippen LogP contribution in [0, 0.1) is 6.92 Å². The molecular formula is C13H16BrN3O. The molecule has 0 bridgehead atoms. The molecule has 0 saturated heterocycles. The molecule has 0 aliphatic heterocycles. The summed E-state index contributed by atoms with van der Waals surface area (Å²) in [4.78, 5) is 4.18. The van der Waals surface area contributed by atoms with E-state index in [4.69, 9.17) is 0 Å². The minimum atomic E-state index is -0.558. The third kappa shape index (κ3) is 2.79. The number of benzene rings is 1. The smallest absolute Gasteiger partial charge is 0.138 e. The van der Waals surface area contributed by atoms with Crippen LogP contribution in [-0.2, 0) is 13.0 Å². The zero-order chi connectivity index (χ0) is 13.1. The maximum atomic E-state index is 10.3. The predicted molar refractivity (Wildman–Crippen MR) is 73.2 cm³/mol. The van der Waals surface area contributed by atoms with Crippen molar-refractivity contribution in [1.82, 2.24) is 14.8 Å². The third-order valence-electron chi connectivity index (χ3n) is 2.97. The zero-order valence-corrected chi connectivity index (χ0v) is 12.1. The first kappa shape index (κ1) is 13.2. The van der Waals surface area contributed by atoms with Crippen LogP contribution in [0.4, 0.5) is 0 Å². The Kier molecular flexibility index (Phi) is 4.14. The Morgan fingerprint density at radius 2 is 2.22 bits per heavy atom. The van der Waals surface area contributed by atoms with E-state index < -0.39 is 6.10 Å². The second kappa shape index (κ2) is 5.63. The number of halogens is 1. The number of rotatable bonds is 4. The molecular weight excluding hydrogens is 294 g/mol. The molecule has 0 fully saturated rings. The van der Waals surface area contributed by atoms with E-state index in [2.05, 4.69) is 26.0 Å². The summed E-state index contributed by atoms with van der Waals surface area (Å²) < 4.78 is 2.77. The number of aromatic nitrogens is 3. The average molecular weight is 310 g/mol. The van der Waals surface area contributed by atoms with Crippen LogP contribution in [0.2, 0.25) is 0 Å². The maximum absolute atomic E-state index is 10.3. The van der Waals surface area contributed by atoms with E-state index >= 15 is 0 Å². The highest BCUT2D eigenvalue weighted by Gasteiger charge is 2.15. The number of nitrogens with zero attached hydrogens (tertiary/aromatic N) is 3. The van der Waals surface area contributed by atoms with E-state index in [-0.39, 0.29) is 0 Å². The molecule has 1 unspecified atom stereocenters. The van der Waals surface area contributed by atoms with Crippen LogP contribution in [0.3, 0.4) is 0 Å². The topological polar surface area (TPSA) is 50.9 Å². The van der Waals surface area contributed by atoms with Crippen molar-refractivity contribution in [3.63, 3.8) is 0 Å². The highest BCUT2D eigenvalue weighted by molar-refractivity contribution is 9.10. The maximum Gasteiger partial charge on any atom is 0.138 e. The quantitative estimate of drug-likeness (QED) is 0.944.